The monoisotopic (exact) mass is 279 g/mol. The van der Waals surface area contributed by atoms with Gasteiger partial charge in [0, 0.05) is 11.3 Å². The smallest absolute Gasteiger partial charge is 0.200 e. The number of hydrogen-bond donors (Lipinski definition) is 2. The van der Waals surface area contributed by atoms with Crippen molar-refractivity contribution in [2.75, 3.05) is 5.73 Å². The predicted octanol–water partition coefficient (Wildman–Crippen LogP) is 1.71. The largest absolute Gasteiger partial charge is 0.456 e. The number of tetrazole rings is 1. The third-order valence-corrected chi connectivity index (χ3v) is 3.31. The molecule has 2 aromatic heterocycles. The van der Waals surface area contributed by atoms with Gasteiger partial charge in [-0.15, -0.1) is 5.10 Å². The molecule has 2 aromatic carbocycles. The Morgan fingerprint density at radius 3 is 2.76 bits per heavy atom. The Bertz CT molecular complexity index is 1020. The molecule has 0 bridgehead atoms. The van der Waals surface area contributed by atoms with Crippen molar-refractivity contribution in [1.82, 2.24) is 20.6 Å². The van der Waals surface area contributed by atoms with Crippen molar-refractivity contribution in [1.29, 1.82) is 0 Å². The molecule has 102 valence electrons. The normalized spacial score (nSPS) is 11.2. The summed E-state index contributed by atoms with van der Waals surface area (Å²) in [6.45, 7) is 0. The molecule has 0 fully saturated rings. The average molecular weight is 279 g/mol. The summed E-state index contributed by atoms with van der Waals surface area (Å²) in [6.07, 6.45) is 0. The maximum Gasteiger partial charge on any atom is 0.200 e. The fraction of sp³-hybridized carbons (Fsp3) is 0. The Balaban J connectivity index is 2.07. The summed E-state index contributed by atoms with van der Waals surface area (Å²) in [4.78, 5) is 12.5. The topological polar surface area (TPSA) is 111 Å². The number of aromatic nitrogens is 4. The lowest BCUT2D eigenvalue weighted by Gasteiger charge is -2.03. The molecule has 0 aliphatic heterocycles. The minimum Gasteiger partial charge on any atom is -0.456 e. The van der Waals surface area contributed by atoms with Crippen molar-refractivity contribution < 1.29 is 4.42 Å². The van der Waals surface area contributed by atoms with Crippen LogP contribution in [0.4, 0.5) is 5.69 Å². The summed E-state index contributed by atoms with van der Waals surface area (Å²) in [7, 11) is 0. The van der Waals surface area contributed by atoms with Gasteiger partial charge in [0.05, 0.1) is 10.8 Å². The second kappa shape index (κ2) is 4.14. The zero-order valence-corrected chi connectivity index (χ0v) is 10.7. The first kappa shape index (κ1) is 11.6. The number of nitrogens with zero attached hydrogens (tertiary/aromatic N) is 3. The van der Waals surface area contributed by atoms with Crippen molar-refractivity contribution in [2.45, 2.75) is 0 Å². The van der Waals surface area contributed by atoms with E-state index in [0.717, 1.165) is 5.56 Å². The van der Waals surface area contributed by atoms with E-state index in [0.29, 0.717) is 33.5 Å². The molecule has 0 radical (unpaired) electrons. The number of nitrogens with one attached hydrogen (secondary N) is 1. The fourth-order valence-electron chi connectivity index (χ4n) is 2.30. The van der Waals surface area contributed by atoms with Crippen LogP contribution < -0.4 is 11.2 Å². The molecule has 0 atom stereocenters. The number of anilines is 1. The first-order valence-corrected chi connectivity index (χ1v) is 6.22. The third kappa shape index (κ3) is 1.75. The maximum absolute atomic E-state index is 12.5. The molecule has 0 aliphatic carbocycles. The van der Waals surface area contributed by atoms with Crippen LogP contribution >= 0.6 is 0 Å². The number of rotatable bonds is 1. The van der Waals surface area contributed by atoms with E-state index in [1.165, 1.54) is 0 Å². The highest BCUT2D eigenvalue weighted by molar-refractivity contribution is 5.92. The number of fused-ring (bicyclic) bond motifs is 2. The van der Waals surface area contributed by atoms with Crippen LogP contribution in [0.25, 0.3) is 33.3 Å². The first-order valence-electron chi connectivity index (χ1n) is 6.22. The lowest BCUT2D eigenvalue weighted by atomic mass is 10.1. The zero-order chi connectivity index (χ0) is 14.4. The van der Waals surface area contributed by atoms with Gasteiger partial charge in [0.25, 0.3) is 0 Å². The molecule has 0 amide bonds. The van der Waals surface area contributed by atoms with Crippen LogP contribution in [0, 0.1) is 0 Å². The van der Waals surface area contributed by atoms with Crippen LogP contribution in [0.15, 0.2) is 45.6 Å². The van der Waals surface area contributed by atoms with E-state index in [1.54, 1.807) is 36.4 Å². The van der Waals surface area contributed by atoms with Crippen molar-refractivity contribution in [3.05, 3.63) is 46.6 Å². The van der Waals surface area contributed by atoms with E-state index in [1.807, 2.05) is 0 Å². The van der Waals surface area contributed by atoms with Crippen molar-refractivity contribution in [3.8, 4) is 11.4 Å². The second-order valence-electron chi connectivity index (χ2n) is 4.65. The molecule has 7 heteroatoms. The van der Waals surface area contributed by atoms with E-state index in [-0.39, 0.29) is 5.43 Å². The highest BCUT2D eigenvalue weighted by Crippen LogP contribution is 2.24. The summed E-state index contributed by atoms with van der Waals surface area (Å²) < 4.78 is 5.78. The van der Waals surface area contributed by atoms with Crippen LogP contribution in [-0.2, 0) is 0 Å². The van der Waals surface area contributed by atoms with Crippen LogP contribution in [0.3, 0.4) is 0 Å². The molecule has 0 spiro atoms. The Kier molecular flexibility index (Phi) is 2.28. The van der Waals surface area contributed by atoms with Gasteiger partial charge in [0.15, 0.2) is 5.82 Å². The molecule has 4 aromatic rings. The summed E-state index contributed by atoms with van der Waals surface area (Å²) in [5.74, 6) is 0.511. The molecule has 0 unspecified atom stereocenters. The van der Waals surface area contributed by atoms with Crippen LogP contribution in [0.2, 0.25) is 0 Å². The van der Waals surface area contributed by atoms with Crippen LogP contribution in [0.5, 0.6) is 0 Å². The average Bonchev–Trinajstić information content (AvgIpc) is 3.02. The van der Waals surface area contributed by atoms with Gasteiger partial charge < -0.3 is 10.2 Å². The highest BCUT2D eigenvalue weighted by atomic mass is 16.3. The lowest BCUT2D eigenvalue weighted by Crippen LogP contribution is -2.02. The second-order valence-corrected chi connectivity index (χ2v) is 4.65. The van der Waals surface area contributed by atoms with Gasteiger partial charge in [-0.1, -0.05) is 6.07 Å². The Morgan fingerprint density at radius 2 is 1.95 bits per heavy atom. The van der Waals surface area contributed by atoms with Gasteiger partial charge >= 0.3 is 0 Å². The quantitative estimate of drug-likeness (QED) is 0.405. The van der Waals surface area contributed by atoms with Crippen molar-refractivity contribution >= 4 is 27.6 Å². The van der Waals surface area contributed by atoms with Gasteiger partial charge in [-0.2, -0.15) is 0 Å². The van der Waals surface area contributed by atoms with Gasteiger partial charge in [-0.3, -0.25) is 4.79 Å². The molecule has 7 nitrogen and oxygen atoms in total. The minimum absolute atomic E-state index is 0.110. The van der Waals surface area contributed by atoms with Gasteiger partial charge in [-0.25, -0.2) is 5.10 Å². The van der Waals surface area contributed by atoms with Crippen LogP contribution in [0.1, 0.15) is 0 Å². The van der Waals surface area contributed by atoms with Gasteiger partial charge in [0.1, 0.15) is 11.2 Å². The molecule has 21 heavy (non-hydrogen) atoms. The third-order valence-electron chi connectivity index (χ3n) is 3.31. The number of H-pyrrole nitrogens is 1. The maximum atomic E-state index is 12.5. The molecule has 0 aliphatic rings. The lowest BCUT2D eigenvalue weighted by molar-refractivity contribution is 0.660. The number of nitrogen functional groups attached to an aromatic ring is 1. The Hall–Kier alpha value is -3.22. The molecule has 3 N–H and O–H groups in total. The van der Waals surface area contributed by atoms with E-state index in [4.69, 9.17) is 10.2 Å². The minimum atomic E-state index is -0.110. The standard InChI is InChI=1S/C14H9N5O2/c15-8-2-4-11-10(6-8)13(20)9-3-1-7(5-12(9)21-11)14-16-18-19-17-14/h1-6H,15H2,(H,16,17,18,19). The number of benzene rings is 2. The zero-order valence-electron chi connectivity index (χ0n) is 10.7. The summed E-state index contributed by atoms with van der Waals surface area (Å²) in [6, 6.07) is 10.2. The number of hydrogen-bond acceptors (Lipinski definition) is 6. The van der Waals surface area contributed by atoms with Gasteiger partial charge in [0.2, 0.25) is 5.43 Å². The van der Waals surface area contributed by atoms with E-state index in [9.17, 15) is 4.79 Å². The molecule has 0 saturated carbocycles. The molecular formula is C14H9N5O2. The highest BCUT2D eigenvalue weighted by Gasteiger charge is 2.10. The fourth-order valence-corrected chi connectivity index (χ4v) is 2.30. The SMILES string of the molecule is Nc1ccc2oc3cc(-c4nnn[nH]4)ccc3c(=O)c2c1. The number of nitrogens with two attached hydrogens (primary N) is 1. The summed E-state index contributed by atoms with van der Waals surface area (Å²) >= 11 is 0. The summed E-state index contributed by atoms with van der Waals surface area (Å²) in [5, 5.41) is 14.5. The molecule has 4 rings (SSSR count). The van der Waals surface area contributed by atoms with E-state index >= 15 is 0 Å². The molecular weight excluding hydrogens is 270 g/mol. The first-order chi connectivity index (χ1) is 10.2. The molecule has 0 saturated heterocycles. The van der Waals surface area contributed by atoms with Crippen molar-refractivity contribution in [2.24, 2.45) is 0 Å². The molecule has 2 heterocycles. The van der Waals surface area contributed by atoms with E-state index in [2.05, 4.69) is 20.6 Å². The number of aromatic amines is 1. The van der Waals surface area contributed by atoms with Crippen LogP contribution in [-0.4, -0.2) is 20.6 Å². The predicted molar refractivity (Wildman–Crippen MR) is 77.6 cm³/mol. The van der Waals surface area contributed by atoms with Crippen molar-refractivity contribution in [3.63, 3.8) is 0 Å². The van der Waals surface area contributed by atoms with E-state index < -0.39 is 0 Å². The van der Waals surface area contributed by atoms with Gasteiger partial charge in [-0.05, 0) is 40.8 Å². The Labute approximate surface area is 117 Å². The summed E-state index contributed by atoms with van der Waals surface area (Å²) in [5.41, 5.74) is 7.85. The Morgan fingerprint density at radius 1 is 1.05 bits per heavy atom.